The van der Waals surface area contributed by atoms with E-state index in [1.165, 1.54) is 11.8 Å². The summed E-state index contributed by atoms with van der Waals surface area (Å²) in [6.45, 7) is 3.71. The highest BCUT2D eigenvalue weighted by atomic mass is 32.2. The molecule has 0 spiro atoms. The van der Waals surface area contributed by atoms with Crippen LogP contribution in [0.2, 0.25) is 0 Å². The Balaban J connectivity index is 1.67. The van der Waals surface area contributed by atoms with E-state index < -0.39 is 0 Å². The molecule has 1 N–H and O–H groups in total. The van der Waals surface area contributed by atoms with Gasteiger partial charge in [-0.05, 0) is 44.2 Å². The van der Waals surface area contributed by atoms with Gasteiger partial charge in [-0.1, -0.05) is 11.8 Å². The number of hydrogen-bond acceptors (Lipinski definition) is 6. The van der Waals surface area contributed by atoms with E-state index in [9.17, 15) is 4.79 Å². The third-order valence-electron chi connectivity index (χ3n) is 3.94. The number of thioether (sulfide) groups is 1. The Morgan fingerprint density at radius 1 is 1.27 bits per heavy atom. The number of methoxy groups -OCH3 is 1. The number of furan rings is 1. The van der Waals surface area contributed by atoms with Gasteiger partial charge in [0.2, 0.25) is 5.91 Å². The normalized spacial score (nSPS) is 12.0. The van der Waals surface area contributed by atoms with Crippen molar-refractivity contribution >= 4 is 23.4 Å². The summed E-state index contributed by atoms with van der Waals surface area (Å²) >= 11 is 1.35. The van der Waals surface area contributed by atoms with E-state index in [-0.39, 0.29) is 11.2 Å². The molecule has 0 saturated heterocycles. The van der Waals surface area contributed by atoms with Crippen molar-refractivity contribution in [2.24, 2.45) is 7.05 Å². The molecule has 0 saturated carbocycles. The molecule has 2 aromatic heterocycles. The number of amides is 1. The van der Waals surface area contributed by atoms with Gasteiger partial charge in [0.25, 0.3) is 0 Å². The van der Waals surface area contributed by atoms with Crippen LogP contribution in [0.5, 0.6) is 5.75 Å². The zero-order valence-corrected chi connectivity index (χ0v) is 15.8. The van der Waals surface area contributed by atoms with Gasteiger partial charge in [-0.3, -0.25) is 4.79 Å². The Kier molecular flexibility index (Phi) is 5.32. The van der Waals surface area contributed by atoms with Crippen molar-refractivity contribution in [2.45, 2.75) is 24.3 Å². The molecule has 3 aromatic rings. The Morgan fingerprint density at radius 3 is 2.62 bits per heavy atom. The van der Waals surface area contributed by atoms with E-state index in [0.29, 0.717) is 11.0 Å². The zero-order valence-electron chi connectivity index (χ0n) is 15.0. The molecule has 0 bridgehead atoms. The highest BCUT2D eigenvalue weighted by Gasteiger charge is 2.20. The summed E-state index contributed by atoms with van der Waals surface area (Å²) in [6.07, 6.45) is 1.62. The van der Waals surface area contributed by atoms with Gasteiger partial charge in [0.1, 0.15) is 11.5 Å². The number of rotatable bonds is 6. The van der Waals surface area contributed by atoms with Crippen LogP contribution in [0.3, 0.4) is 0 Å². The number of nitrogens with one attached hydrogen (secondary N) is 1. The minimum atomic E-state index is -0.335. The second-order valence-electron chi connectivity index (χ2n) is 5.73. The van der Waals surface area contributed by atoms with Crippen LogP contribution < -0.4 is 10.1 Å². The first-order valence-electron chi connectivity index (χ1n) is 8.05. The molecule has 0 aliphatic heterocycles. The Morgan fingerprint density at radius 2 is 2.00 bits per heavy atom. The van der Waals surface area contributed by atoms with Gasteiger partial charge in [-0.25, -0.2) is 0 Å². The van der Waals surface area contributed by atoms with Crippen molar-refractivity contribution in [1.29, 1.82) is 0 Å². The van der Waals surface area contributed by atoms with Crippen LogP contribution in [0.25, 0.3) is 11.4 Å². The lowest BCUT2D eigenvalue weighted by Crippen LogP contribution is -2.22. The Bertz CT molecular complexity index is 902. The third kappa shape index (κ3) is 3.75. The summed E-state index contributed by atoms with van der Waals surface area (Å²) in [7, 11) is 3.48. The van der Waals surface area contributed by atoms with E-state index in [1.807, 2.05) is 31.5 Å². The summed E-state index contributed by atoms with van der Waals surface area (Å²) < 4.78 is 12.3. The van der Waals surface area contributed by atoms with Crippen molar-refractivity contribution in [3.05, 3.63) is 42.4 Å². The summed E-state index contributed by atoms with van der Waals surface area (Å²) in [5.41, 5.74) is 1.61. The second kappa shape index (κ2) is 7.65. The predicted octanol–water partition coefficient (Wildman–Crippen LogP) is 3.51. The molecule has 2 heterocycles. The fraction of sp³-hybridized carbons (Fsp3) is 0.278. The van der Waals surface area contributed by atoms with E-state index in [4.69, 9.17) is 9.15 Å². The average molecular weight is 372 g/mol. The van der Waals surface area contributed by atoms with E-state index >= 15 is 0 Å². The maximum Gasteiger partial charge on any atom is 0.237 e. The van der Waals surface area contributed by atoms with Crippen LogP contribution >= 0.6 is 11.8 Å². The first kappa shape index (κ1) is 18.1. The molecular formula is C18H20N4O3S. The number of ether oxygens (including phenoxy) is 1. The van der Waals surface area contributed by atoms with Crippen LogP contribution in [0.15, 0.2) is 46.2 Å². The molecule has 0 fully saturated rings. The molecule has 0 aliphatic rings. The van der Waals surface area contributed by atoms with Crippen LogP contribution in [0, 0.1) is 6.92 Å². The highest BCUT2D eigenvalue weighted by molar-refractivity contribution is 8.00. The number of aryl methyl sites for hydroxylation is 1. The summed E-state index contributed by atoms with van der Waals surface area (Å²) in [5, 5.41) is 11.6. The molecule has 0 aliphatic carbocycles. The SMILES string of the molecule is COc1ccc(NC(=O)C(C)Sc2nnc(-c3ccoc3C)n2C)cc1. The lowest BCUT2D eigenvalue weighted by atomic mass is 10.2. The number of carbonyl (C=O) groups excluding carboxylic acids is 1. The summed E-state index contributed by atoms with van der Waals surface area (Å²) in [5.74, 6) is 2.12. The van der Waals surface area contributed by atoms with Gasteiger partial charge in [0, 0.05) is 12.7 Å². The molecule has 8 heteroatoms. The van der Waals surface area contributed by atoms with E-state index in [2.05, 4.69) is 15.5 Å². The summed E-state index contributed by atoms with van der Waals surface area (Å²) in [6, 6.07) is 9.06. The van der Waals surface area contributed by atoms with E-state index in [1.54, 1.807) is 37.6 Å². The predicted molar refractivity (Wildman–Crippen MR) is 100 cm³/mol. The maximum absolute atomic E-state index is 12.4. The molecule has 1 unspecified atom stereocenters. The van der Waals surface area contributed by atoms with Crippen LogP contribution in [-0.4, -0.2) is 33.0 Å². The zero-order chi connectivity index (χ0) is 18.7. The molecule has 1 amide bonds. The Hall–Kier alpha value is -2.74. The van der Waals surface area contributed by atoms with Crippen molar-refractivity contribution in [1.82, 2.24) is 14.8 Å². The molecule has 0 radical (unpaired) electrons. The maximum atomic E-state index is 12.4. The minimum Gasteiger partial charge on any atom is -0.497 e. The molecular weight excluding hydrogens is 352 g/mol. The number of anilines is 1. The van der Waals surface area contributed by atoms with Crippen LogP contribution in [-0.2, 0) is 11.8 Å². The minimum absolute atomic E-state index is 0.107. The molecule has 3 rings (SSSR count). The topological polar surface area (TPSA) is 82.2 Å². The monoisotopic (exact) mass is 372 g/mol. The van der Waals surface area contributed by atoms with Crippen LogP contribution in [0.4, 0.5) is 5.69 Å². The number of carbonyl (C=O) groups is 1. The fourth-order valence-corrected chi connectivity index (χ4v) is 3.21. The average Bonchev–Trinajstić information content (AvgIpc) is 3.21. The smallest absolute Gasteiger partial charge is 0.237 e. The van der Waals surface area contributed by atoms with Gasteiger partial charge in [0.15, 0.2) is 11.0 Å². The molecule has 136 valence electrons. The third-order valence-corrected chi connectivity index (χ3v) is 5.08. The van der Waals surface area contributed by atoms with Gasteiger partial charge in [-0.15, -0.1) is 10.2 Å². The van der Waals surface area contributed by atoms with Gasteiger partial charge >= 0.3 is 0 Å². The number of nitrogens with zero attached hydrogens (tertiary/aromatic N) is 3. The van der Waals surface area contributed by atoms with Gasteiger partial charge in [0.05, 0.1) is 24.2 Å². The molecule has 7 nitrogen and oxygen atoms in total. The van der Waals surface area contributed by atoms with Crippen molar-refractivity contribution in [3.8, 4) is 17.1 Å². The van der Waals surface area contributed by atoms with Crippen molar-refractivity contribution < 1.29 is 13.9 Å². The molecule has 1 atom stereocenters. The van der Waals surface area contributed by atoms with Gasteiger partial charge in [-0.2, -0.15) is 0 Å². The van der Waals surface area contributed by atoms with Gasteiger partial charge < -0.3 is 19.0 Å². The number of hydrogen-bond donors (Lipinski definition) is 1. The largest absolute Gasteiger partial charge is 0.497 e. The quantitative estimate of drug-likeness (QED) is 0.667. The van der Waals surface area contributed by atoms with Crippen molar-refractivity contribution in [3.63, 3.8) is 0 Å². The number of benzene rings is 1. The number of aromatic nitrogens is 3. The van der Waals surface area contributed by atoms with Crippen molar-refractivity contribution in [2.75, 3.05) is 12.4 Å². The Labute approximate surface area is 155 Å². The summed E-state index contributed by atoms with van der Waals surface area (Å²) in [4.78, 5) is 12.4. The standard InChI is InChI=1S/C18H20N4O3S/c1-11-15(9-10-25-11)16-20-21-18(22(16)3)26-12(2)17(23)19-13-5-7-14(24-4)8-6-13/h5-10,12H,1-4H3,(H,19,23). The second-order valence-corrected chi connectivity index (χ2v) is 7.04. The highest BCUT2D eigenvalue weighted by Crippen LogP contribution is 2.28. The fourth-order valence-electron chi connectivity index (χ4n) is 2.40. The molecule has 26 heavy (non-hydrogen) atoms. The lowest BCUT2D eigenvalue weighted by molar-refractivity contribution is -0.115. The molecule has 1 aromatic carbocycles. The first-order chi connectivity index (χ1) is 12.5. The first-order valence-corrected chi connectivity index (χ1v) is 8.93. The lowest BCUT2D eigenvalue weighted by Gasteiger charge is -2.12. The van der Waals surface area contributed by atoms with E-state index in [0.717, 1.165) is 22.8 Å². The van der Waals surface area contributed by atoms with Crippen LogP contribution in [0.1, 0.15) is 12.7 Å².